The van der Waals surface area contributed by atoms with Crippen molar-refractivity contribution in [3.05, 3.63) is 35.6 Å². The third kappa shape index (κ3) is 2.29. The van der Waals surface area contributed by atoms with E-state index >= 15 is 0 Å². The molecule has 1 amide bonds. The molecule has 7 nitrogen and oxygen atoms in total. The minimum atomic E-state index is -0.218. The van der Waals surface area contributed by atoms with E-state index in [-0.39, 0.29) is 5.91 Å². The minimum Gasteiger partial charge on any atom is -0.343 e. The van der Waals surface area contributed by atoms with E-state index in [0.29, 0.717) is 17.4 Å². The predicted octanol–water partition coefficient (Wildman–Crippen LogP) is 0.750. The van der Waals surface area contributed by atoms with E-state index in [1.54, 1.807) is 23.3 Å². The fourth-order valence-corrected chi connectivity index (χ4v) is 2.43. The highest BCUT2D eigenvalue weighted by molar-refractivity contribution is 7.20. The molecule has 0 aromatic carbocycles. The van der Waals surface area contributed by atoms with Crippen LogP contribution in [0.5, 0.6) is 0 Å². The van der Waals surface area contributed by atoms with Gasteiger partial charge in [-0.25, -0.2) is 4.98 Å². The molecule has 0 spiro atoms. The third-order valence-electron chi connectivity index (χ3n) is 2.60. The maximum atomic E-state index is 12.0. The summed E-state index contributed by atoms with van der Waals surface area (Å²) in [6.45, 7) is 0.323. The van der Waals surface area contributed by atoms with Crippen LogP contribution in [0.2, 0.25) is 0 Å². The molecule has 8 heteroatoms. The first-order valence-corrected chi connectivity index (χ1v) is 6.37. The van der Waals surface area contributed by atoms with E-state index in [4.69, 9.17) is 0 Å². The maximum absolute atomic E-state index is 12.0. The normalized spacial score (nSPS) is 10.8. The summed E-state index contributed by atoms with van der Waals surface area (Å²) in [5.41, 5.74) is 0.733. The lowest BCUT2D eigenvalue weighted by molar-refractivity contribution is 0.0949. The quantitative estimate of drug-likeness (QED) is 0.761. The molecule has 3 rings (SSSR count). The molecule has 3 heterocycles. The van der Waals surface area contributed by atoms with Crippen molar-refractivity contribution in [2.75, 3.05) is 0 Å². The van der Waals surface area contributed by atoms with E-state index in [9.17, 15) is 4.79 Å². The summed E-state index contributed by atoms with van der Waals surface area (Å²) in [5.74, 6) is 0.473. The van der Waals surface area contributed by atoms with Gasteiger partial charge in [-0.15, -0.1) is 21.5 Å². The van der Waals surface area contributed by atoms with Gasteiger partial charge in [0.2, 0.25) is 0 Å². The monoisotopic (exact) mass is 274 g/mol. The lowest BCUT2D eigenvalue weighted by atomic mass is 10.4. The highest BCUT2D eigenvalue weighted by Crippen LogP contribution is 2.20. The number of rotatable bonds is 3. The number of aromatic nitrogens is 5. The van der Waals surface area contributed by atoms with E-state index in [1.165, 1.54) is 11.3 Å². The fraction of sp³-hybridized carbons (Fsp3) is 0.182. The molecule has 0 fully saturated rings. The van der Waals surface area contributed by atoms with Crippen LogP contribution in [0, 0.1) is 0 Å². The first kappa shape index (κ1) is 11.7. The number of pyridine rings is 1. The van der Waals surface area contributed by atoms with Crippen molar-refractivity contribution < 1.29 is 4.79 Å². The Balaban J connectivity index is 1.75. The second-order valence-corrected chi connectivity index (χ2v) is 4.93. The van der Waals surface area contributed by atoms with Crippen molar-refractivity contribution >= 4 is 27.5 Å². The molecule has 1 N–H and O–H groups in total. The molecule has 0 bridgehead atoms. The molecule has 96 valence electrons. The second-order valence-electron chi connectivity index (χ2n) is 3.90. The molecule has 0 aliphatic heterocycles. The van der Waals surface area contributed by atoms with Gasteiger partial charge < -0.3 is 9.88 Å². The van der Waals surface area contributed by atoms with Crippen LogP contribution in [-0.2, 0) is 13.6 Å². The van der Waals surface area contributed by atoms with Gasteiger partial charge in [0.25, 0.3) is 5.91 Å². The number of hydrogen-bond acceptors (Lipinski definition) is 6. The highest BCUT2D eigenvalue weighted by atomic mass is 32.1. The fourth-order valence-electron chi connectivity index (χ4n) is 1.58. The van der Waals surface area contributed by atoms with Gasteiger partial charge in [-0.3, -0.25) is 9.78 Å². The summed E-state index contributed by atoms with van der Waals surface area (Å²) < 4.78 is 2.70. The number of nitrogens with one attached hydrogen (secondary N) is 1. The Morgan fingerprint density at radius 3 is 3.16 bits per heavy atom. The first-order chi connectivity index (χ1) is 9.24. The van der Waals surface area contributed by atoms with Crippen molar-refractivity contribution in [2.24, 2.45) is 7.05 Å². The van der Waals surface area contributed by atoms with E-state index in [2.05, 4.69) is 25.5 Å². The Morgan fingerprint density at radius 1 is 1.53 bits per heavy atom. The van der Waals surface area contributed by atoms with Crippen LogP contribution in [-0.4, -0.2) is 30.6 Å². The van der Waals surface area contributed by atoms with Gasteiger partial charge in [-0.05, 0) is 6.07 Å². The van der Waals surface area contributed by atoms with Crippen LogP contribution in [0.25, 0.3) is 10.2 Å². The molecule has 0 radical (unpaired) electrons. The number of carbonyl (C=O) groups excluding carboxylic acids is 1. The summed E-state index contributed by atoms with van der Waals surface area (Å²) in [4.78, 5) is 20.2. The van der Waals surface area contributed by atoms with E-state index in [0.717, 1.165) is 10.2 Å². The number of aryl methyl sites for hydroxylation is 1. The molecule has 3 aromatic rings. The van der Waals surface area contributed by atoms with Crippen LogP contribution >= 0.6 is 11.3 Å². The average molecular weight is 274 g/mol. The molecule has 19 heavy (non-hydrogen) atoms. The molecule has 0 saturated heterocycles. The van der Waals surface area contributed by atoms with E-state index in [1.807, 2.05) is 13.1 Å². The molecule has 0 aliphatic carbocycles. The molecule has 0 aliphatic rings. The van der Waals surface area contributed by atoms with Gasteiger partial charge in [0, 0.05) is 13.2 Å². The lowest BCUT2D eigenvalue weighted by Gasteiger charge is -2.01. The van der Waals surface area contributed by atoms with Crippen LogP contribution in [0.1, 0.15) is 15.6 Å². The Hall–Kier alpha value is -2.35. The summed E-state index contributed by atoms with van der Waals surface area (Å²) >= 11 is 1.34. The first-order valence-electron chi connectivity index (χ1n) is 5.55. The zero-order valence-electron chi connectivity index (χ0n) is 10.1. The molecule has 0 saturated carbocycles. The molecular weight excluding hydrogens is 264 g/mol. The zero-order valence-corrected chi connectivity index (χ0v) is 10.9. The molecule has 3 aromatic heterocycles. The summed E-state index contributed by atoms with van der Waals surface area (Å²) in [5, 5.41) is 10.8. The Labute approximate surface area is 112 Å². The average Bonchev–Trinajstić information content (AvgIpc) is 3.01. The Morgan fingerprint density at radius 2 is 2.42 bits per heavy atom. The summed E-state index contributed by atoms with van der Waals surface area (Å²) in [6, 6.07) is 1.84. The number of fused-ring (bicyclic) bond motifs is 1. The van der Waals surface area contributed by atoms with E-state index < -0.39 is 0 Å². The third-order valence-corrected chi connectivity index (χ3v) is 3.63. The number of nitrogens with zero attached hydrogens (tertiary/aromatic N) is 5. The lowest BCUT2D eigenvalue weighted by Crippen LogP contribution is -2.24. The van der Waals surface area contributed by atoms with Gasteiger partial charge >= 0.3 is 0 Å². The SMILES string of the molecule is Cn1cnnc1CNC(=O)c1nc2cnccc2s1. The van der Waals surface area contributed by atoms with Crippen molar-refractivity contribution in [3.8, 4) is 0 Å². The van der Waals surface area contributed by atoms with Crippen molar-refractivity contribution in [1.82, 2.24) is 30.0 Å². The molecule has 0 unspecified atom stereocenters. The van der Waals surface area contributed by atoms with Crippen molar-refractivity contribution in [2.45, 2.75) is 6.54 Å². The van der Waals surface area contributed by atoms with Crippen molar-refractivity contribution in [1.29, 1.82) is 0 Å². The van der Waals surface area contributed by atoms with Gasteiger partial charge in [-0.2, -0.15) is 0 Å². The second kappa shape index (κ2) is 4.73. The van der Waals surface area contributed by atoms with Crippen LogP contribution in [0.4, 0.5) is 0 Å². The van der Waals surface area contributed by atoms with Crippen LogP contribution in [0.15, 0.2) is 24.8 Å². The Kier molecular flexibility index (Phi) is 2.92. The minimum absolute atomic E-state index is 0.218. The topological polar surface area (TPSA) is 85.6 Å². The van der Waals surface area contributed by atoms with Gasteiger partial charge in [0.15, 0.2) is 10.8 Å². The largest absolute Gasteiger partial charge is 0.343 e. The number of amides is 1. The Bertz CT molecular complexity index is 700. The molecular formula is C11H10N6OS. The number of thiazole rings is 1. The van der Waals surface area contributed by atoms with Gasteiger partial charge in [0.05, 0.1) is 17.4 Å². The summed E-state index contributed by atoms with van der Waals surface area (Å²) in [6.07, 6.45) is 4.91. The predicted molar refractivity (Wildman–Crippen MR) is 69.6 cm³/mol. The molecule has 0 atom stereocenters. The van der Waals surface area contributed by atoms with Crippen molar-refractivity contribution in [3.63, 3.8) is 0 Å². The maximum Gasteiger partial charge on any atom is 0.280 e. The summed E-state index contributed by atoms with van der Waals surface area (Å²) in [7, 11) is 1.82. The standard InChI is InChI=1S/C11H10N6OS/c1-17-6-14-16-9(17)5-13-10(18)11-15-7-4-12-3-2-8(7)19-11/h2-4,6H,5H2,1H3,(H,13,18). The zero-order chi connectivity index (χ0) is 13.2. The van der Waals surface area contributed by atoms with Gasteiger partial charge in [0.1, 0.15) is 11.8 Å². The number of hydrogen-bond donors (Lipinski definition) is 1. The van der Waals surface area contributed by atoms with Crippen LogP contribution in [0.3, 0.4) is 0 Å². The van der Waals surface area contributed by atoms with Gasteiger partial charge in [-0.1, -0.05) is 0 Å². The van der Waals surface area contributed by atoms with Crippen LogP contribution < -0.4 is 5.32 Å². The smallest absolute Gasteiger partial charge is 0.280 e. The highest BCUT2D eigenvalue weighted by Gasteiger charge is 2.12. The number of carbonyl (C=O) groups is 1.